The fourth-order valence-corrected chi connectivity index (χ4v) is 3.96. The van der Waals surface area contributed by atoms with E-state index in [1.54, 1.807) is 0 Å². The zero-order chi connectivity index (χ0) is 16.4. The van der Waals surface area contributed by atoms with E-state index in [1.807, 2.05) is 24.8 Å². The molecule has 0 spiro atoms. The van der Waals surface area contributed by atoms with Gasteiger partial charge in [0.05, 0.1) is 11.7 Å². The third kappa shape index (κ3) is 1.64. The highest BCUT2D eigenvalue weighted by atomic mass is 15.0. The van der Waals surface area contributed by atoms with Crippen LogP contribution >= 0.6 is 0 Å². The van der Waals surface area contributed by atoms with Crippen LogP contribution in [0.15, 0.2) is 79.4 Å². The van der Waals surface area contributed by atoms with Crippen LogP contribution in [-0.4, -0.2) is 14.4 Å². The summed E-state index contributed by atoms with van der Waals surface area (Å²) >= 11 is 0. The maximum atomic E-state index is 4.62. The van der Waals surface area contributed by atoms with E-state index in [0.717, 1.165) is 16.6 Å². The molecule has 0 unspecified atom stereocenters. The second kappa shape index (κ2) is 4.54. The number of hydrogen-bond donors (Lipinski definition) is 0. The molecule has 0 aliphatic rings. The van der Waals surface area contributed by atoms with Gasteiger partial charge in [-0.2, -0.15) is 0 Å². The lowest BCUT2D eigenvalue weighted by molar-refractivity contribution is 1.17. The van der Waals surface area contributed by atoms with Gasteiger partial charge in [-0.15, -0.1) is 0 Å². The molecule has 0 amide bonds. The van der Waals surface area contributed by atoms with Crippen LogP contribution in [0.4, 0.5) is 0 Å². The second-order valence-electron chi connectivity index (χ2n) is 6.43. The molecule has 3 nitrogen and oxygen atoms in total. The van der Waals surface area contributed by atoms with Gasteiger partial charge in [0.25, 0.3) is 0 Å². The van der Waals surface area contributed by atoms with Gasteiger partial charge in [-0.05, 0) is 45.8 Å². The predicted octanol–water partition coefficient (Wildman–Crippen LogP) is 5.34. The summed E-state index contributed by atoms with van der Waals surface area (Å²) in [6.45, 7) is 0. The van der Waals surface area contributed by atoms with Gasteiger partial charge in [-0.3, -0.25) is 4.40 Å². The molecule has 0 saturated heterocycles. The Morgan fingerprint density at radius 2 is 1.60 bits per heavy atom. The fraction of sp³-hybridized carbons (Fsp3) is 0. The van der Waals surface area contributed by atoms with Crippen molar-refractivity contribution >= 4 is 48.9 Å². The second-order valence-corrected chi connectivity index (χ2v) is 6.43. The summed E-state index contributed by atoms with van der Waals surface area (Å²) < 4.78 is 2.07. The first-order valence-corrected chi connectivity index (χ1v) is 8.34. The van der Waals surface area contributed by atoms with Crippen LogP contribution in [-0.2, 0) is 0 Å². The molecule has 0 aliphatic heterocycles. The first-order chi connectivity index (χ1) is 12.4. The number of hydrogen-bond acceptors (Lipinski definition) is 2. The number of imidazole rings is 1. The highest BCUT2D eigenvalue weighted by molar-refractivity contribution is 6.24. The SMILES string of the molecule is c1ccc2cc3c(ccc4c3c3cccnc3n3cncc43)cc2c1. The molecule has 116 valence electrons. The number of rotatable bonds is 0. The molecule has 0 fully saturated rings. The lowest BCUT2D eigenvalue weighted by Gasteiger charge is -2.11. The molecule has 0 N–H and O–H groups in total. The summed E-state index contributed by atoms with van der Waals surface area (Å²) in [5, 5.41) is 8.65. The number of aromatic nitrogens is 3. The van der Waals surface area contributed by atoms with Gasteiger partial charge in [0.15, 0.2) is 0 Å². The lowest BCUT2D eigenvalue weighted by Crippen LogP contribution is -1.92. The fourth-order valence-electron chi connectivity index (χ4n) is 3.96. The summed E-state index contributed by atoms with van der Waals surface area (Å²) in [7, 11) is 0. The number of benzene rings is 3. The molecular formula is C22H13N3. The number of fused-ring (bicyclic) bond motifs is 9. The van der Waals surface area contributed by atoms with Crippen LogP contribution < -0.4 is 0 Å². The third-order valence-corrected chi connectivity index (χ3v) is 5.08. The topological polar surface area (TPSA) is 30.2 Å². The third-order valence-electron chi connectivity index (χ3n) is 5.08. The number of nitrogens with zero attached hydrogens (tertiary/aromatic N) is 3. The predicted molar refractivity (Wildman–Crippen MR) is 103 cm³/mol. The Morgan fingerprint density at radius 1 is 0.720 bits per heavy atom. The van der Waals surface area contributed by atoms with Crippen LogP contribution in [0, 0.1) is 0 Å². The zero-order valence-corrected chi connectivity index (χ0v) is 13.3. The van der Waals surface area contributed by atoms with Crippen LogP contribution in [0.5, 0.6) is 0 Å². The van der Waals surface area contributed by atoms with E-state index in [9.17, 15) is 0 Å². The Labute approximate surface area is 143 Å². The van der Waals surface area contributed by atoms with E-state index in [2.05, 4.69) is 69.0 Å². The molecule has 0 aliphatic carbocycles. The van der Waals surface area contributed by atoms with E-state index in [0.29, 0.717) is 0 Å². The minimum absolute atomic E-state index is 0.947. The van der Waals surface area contributed by atoms with E-state index >= 15 is 0 Å². The van der Waals surface area contributed by atoms with Crippen LogP contribution in [0.3, 0.4) is 0 Å². The quantitative estimate of drug-likeness (QED) is 0.279. The highest BCUT2D eigenvalue weighted by Crippen LogP contribution is 2.35. The summed E-state index contributed by atoms with van der Waals surface area (Å²) in [5.74, 6) is 0. The van der Waals surface area contributed by atoms with Gasteiger partial charge < -0.3 is 0 Å². The molecule has 25 heavy (non-hydrogen) atoms. The summed E-state index contributed by atoms with van der Waals surface area (Å²) in [6, 6.07) is 21.7. The van der Waals surface area contributed by atoms with Crippen molar-refractivity contribution in [2.24, 2.45) is 0 Å². The van der Waals surface area contributed by atoms with Gasteiger partial charge in [0.2, 0.25) is 0 Å². The first-order valence-electron chi connectivity index (χ1n) is 8.34. The van der Waals surface area contributed by atoms with Crippen molar-refractivity contribution in [1.82, 2.24) is 14.4 Å². The highest BCUT2D eigenvalue weighted by Gasteiger charge is 2.12. The molecular weight excluding hydrogens is 306 g/mol. The maximum Gasteiger partial charge on any atom is 0.146 e. The van der Waals surface area contributed by atoms with E-state index in [4.69, 9.17) is 0 Å². The maximum absolute atomic E-state index is 4.62. The normalized spacial score (nSPS) is 12.0. The molecule has 0 radical (unpaired) electrons. The molecule has 0 atom stereocenters. The van der Waals surface area contributed by atoms with E-state index in [-0.39, 0.29) is 0 Å². The van der Waals surface area contributed by atoms with Gasteiger partial charge in [0.1, 0.15) is 12.0 Å². The van der Waals surface area contributed by atoms with Crippen LogP contribution in [0.25, 0.3) is 48.9 Å². The largest absolute Gasteiger partial charge is 0.282 e. The molecule has 3 aromatic heterocycles. The average Bonchev–Trinajstić information content (AvgIpc) is 3.16. The van der Waals surface area contributed by atoms with Crippen LogP contribution in [0.1, 0.15) is 0 Å². The van der Waals surface area contributed by atoms with Gasteiger partial charge >= 0.3 is 0 Å². The minimum Gasteiger partial charge on any atom is -0.282 e. The van der Waals surface area contributed by atoms with Gasteiger partial charge in [0, 0.05) is 22.4 Å². The van der Waals surface area contributed by atoms with E-state index < -0.39 is 0 Å². The molecule has 3 heterocycles. The van der Waals surface area contributed by atoms with E-state index in [1.165, 1.54) is 32.3 Å². The standard InChI is InChI=1S/C22H13N3/c1-2-5-15-11-19-16(10-14(15)4-1)7-8-17-20-12-23-13-25(20)22-18(21(17)19)6-3-9-24-22/h1-13H. The van der Waals surface area contributed by atoms with Crippen molar-refractivity contribution in [2.45, 2.75) is 0 Å². The van der Waals surface area contributed by atoms with Crippen molar-refractivity contribution in [3.63, 3.8) is 0 Å². The Kier molecular flexibility index (Phi) is 2.35. The summed E-state index contributed by atoms with van der Waals surface area (Å²) in [6.07, 6.45) is 5.60. The number of pyridine rings is 2. The zero-order valence-electron chi connectivity index (χ0n) is 13.3. The smallest absolute Gasteiger partial charge is 0.146 e. The van der Waals surface area contributed by atoms with Gasteiger partial charge in [-0.1, -0.05) is 36.4 Å². The molecule has 3 heteroatoms. The molecule has 0 saturated carbocycles. The molecule has 6 rings (SSSR count). The Balaban J connectivity index is 1.98. The molecule has 3 aromatic carbocycles. The van der Waals surface area contributed by atoms with Crippen molar-refractivity contribution in [2.75, 3.05) is 0 Å². The summed E-state index contributed by atoms with van der Waals surface area (Å²) in [4.78, 5) is 8.98. The minimum atomic E-state index is 0.947. The average molecular weight is 319 g/mol. The summed E-state index contributed by atoms with van der Waals surface area (Å²) in [5.41, 5.74) is 2.04. The van der Waals surface area contributed by atoms with Crippen LogP contribution in [0.2, 0.25) is 0 Å². The van der Waals surface area contributed by atoms with Crippen molar-refractivity contribution in [3.05, 3.63) is 79.4 Å². The van der Waals surface area contributed by atoms with Gasteiger partial charge in [-0.25, -0.2) is 9.97 Å². The molecule has 0 bridgehead atoms. The van der Waals surface area contributed by atoms with Crippen molar-refractivity contribution in [1.29, 1.82) is 0 Å². The first kappa shape index (κ1) is 12.9. The van der Waals surface area contributed by atoms with Crippen molar-refractivity contribution < 1.29 is 0 Å². The molecule has 6 aromatic rings. The Hall–Kier alpha value is -3.46. The Bertz CT molecular complexity index is 1440. The Morgan fingerprint density at radius 3 is 2.52 bits per heavy atom. The van der Waals surface area contributed by atoms with Crippen molar-refractivity contribution in [3.8, 4) is 0 Å². The monoisotopic (exact) mass is 319 g/mol. The lowest BCUT2D eigenvalue weighted by atomic mass is 9.96.